The minimum absolute atomic E-state index is 0.0579. The van der Waals surface area contributed by atoms with E-state index in [2.05, 4.69) is 6.58 Å². The topological polar surface area (TPSA) is 0 Å². The van der Waals surface area contributed by atoms with Crippen LogP contribution in [-0.2, 0) is 0 Å². The maximum Gasteiger partial charge on any atom is 0.399 e. The van der Waals surface area contributed by atoms with Crippen molar-refractivity contribution in [3.8, 4) is 0 Å². The summed E-state index contributed by atoms with van der Waals surface area (Å²) in [5.74, 6) is -3.25. The van der Waals surface area contributed by atoms with Crippen LogP contribution in [0, 0.1) is 5.82 Å². The molecule has 0 N–H and O–H groups in total. The number of benzene rings is 1. The Balaban J connectivity index is 3.36. The molecule has 1 atom stereocenters. The lowest BCUT2D eigenvalue weighted by Crippen LogP contribution is -2.20. The van der Waals surface area contributed by atoms with Crippen molar-refractivity contribution in [1.82, 2.24) is 0 Å². The Bertz CT molecular complexity index is 412. The van der Waals surface area contributed by atoms with Crippen LogP contribution in [0.25, 0.3) is 0 Å². The molecule has 6 heteroatoms. The average molecular weight is 273 g/mol. The number of alkyl halides is 3. The summed E-state index contributed by atoms with van der Waals surface area (Å²) < 4.78 is 51.0. The molecule has 0 fully saturated rings. The van der Waals surface area contributed by atoms with E-state index in [1.54, 1.807) is 0 Å². The van der Waals surface area contributed by atoms with Crippen molar-refractivity contribution in [3.63, 3.8) is 0 Å². The molecular weight excluding hydrogens is 267 g/mol. The fraction of sp³-hybridized carbons (Fsp3) is 0.200. The third-order valence-corrected chi connectivity index (χ3v) is 2.44. The molecule has 0 spiro atoms. The van der Waals surface area contributed by atoms with E-state index in [1.165, 1.54) is 0 Å². The van der Waals surface area contributed by atoms with Gasteiger partial charge in [-0.05, 0) is 12.1 Å². The van der Waals surface area contributed by atoms with Crippen molar-refractivity contribution in [2.24, 2.45) is 0 Å². The molecule has 0 aliphatic heterocycles. The largest absolute Gasteiger partial charge is 0.399 e. The van der Waals surface area contributed by atoms with E-state index < -0.39 is 28.5 Å². The molecule has 0 radical (unpaired) electrons. The maximum absolute atomic E-state index is 13.4. The van der Waals surface area contributed by atoms with Gasteiger partial charge in [-0.2, -0.15) is 13.2 Å². The summed E-state index contributed by atoms with van der Waals surface area (Å²) in [6.45, 7) is 3.03. The Morgan fingerprint density at radius 1 is 1.25 bits per heavy atom. The second-order valence-corrected chi connectivity index (χ2v) is 3.89. The van der Waals surface area contributed by atoms with Gasteiger partial charge in [0.2, 0.25) is 0 Å². The first-order valence-corrected chi connectivity index (χ1v) is 4.86. The first kappa shape index (κ1) is 13.3. The molecule has 0 bridgehead atoms. The SMILES string of the molecule is C=CC(c1cc(Cl)cc(Cl)c1F)C(F)(F)F. The number of allylic oxidation sites excluding steroid dienone is 1. The van der Waals surface area contributed by atoms with Gasteiger partial charge in [0.15, 0.2) is 0 Å². The van der Waals surface area contributed by atoms with E-state index in [0.717, 1.165) is 12.1 Å². The Kier molecular flexibility index (Phi) is 3.86. The van der Waals surface area contributed by atoms with Gasteiger partial charge < -0.3 is 0 Å². The molecule has 0 aliphatic rings. The highest BCUT2D eigenvalue weighted by molar-refractivity contribution is 6.34. The molecule has 0 amide bonds. The van der Waals surface area contributed by atoms with Gasteiger partial charge in [0.05, 0.1) is 5.02 Å². The Labute approximate surface area is 99.5 Å². The zero-order valence-electron chi connectivity index (χ0n) is 7.78. The molecule has 1 unspecified atom stereocenters. The number of hydrogen-bond donors (Lipinski definition) is 0. The zero-order valence-corrected chi connectivity index (χ0v) is 9.30. The second-order valence-electron chi connectivity index (χ2n) is 3.05. The van der Waals surface area contributed by atoms with Crippen LogP contribution < -0.4 is 0 Å². The van der Waals surface area contributed by atoms with E-state index in [9.17, 15) is 17.6 Å². The number of hydrogen-bond acceptors (Lipinski definition) is 0. The van der Waals surface area contributed by atoms with Gasteiger partial charge in [0.25, 0.3) is 0 Å². The summed E-state index contributed by atoms with van der Waals surface area (Å²) >= 11 is 10.9. The predicted octanol–water partition coefficient (Wildman–Crippen LogP) is 4.96. The smallest absolute Gasteiger partial charge is 0.205 e. The van der Waals surface area contributed by atoms with E-state index >= 15 is 0 Å². The monoisotopic (exact) mass is 272 g/mol. The highest BCUT2D eigenvalue weighted by Gasteiger charge is 2.40. The minimum Gasteiger partial charge on any atom is -0.205 e. The first-order valence-electron chi connectivity index (χ1n) is 4.11. The Morgan fingerprint density at radius 2 is 1.81 bits per heavy atom. The third kappa shape index (κ3) is 2.68. The summed E-state index contributed by atoms with van der Waals surface area (Å²) in [6.07, 6.45) is -4.03. The van der Waals surface area contributed by atoms with Crippen LogP contribution in [0.4, 0.5) is 17.6 Å². The van der Waals surface area contributed by atoms with Crippen LogP contribution >= 0.6 is 23.2 Å². The molecule has 88 valence electrons. The Morgan fingerprint density at radius 3 is 2.25 bits per heavy atom. The minimum atomic E-state index is -4.63. The summed E-state index contributed by atoms with van der Waals surface area (Å²) in [7, 11) is 0. The van der Waals surface area contributed by atoms with Gasteiger partial charge in [-0.1, -0.05) is 29.3 Å². The molecule has 16 heavy (non-hydrogen) atoms. The highest BCUT2D eigenvalue weighted by atomic mass is 35.5. The average Bonchev–Trinajstić information content (AvgIpc) is 2.11. The highest BCUT2D eigenvalue weighted by Crippen LogP contribution is 2.39. The number of rotatable bonds is 2. The molecule has 0 aliphatic carbocycles. The summed E-state index contributed by atoms with van der Waals surface area (Å²) in [5, 5.41) is -0.504. The predicted molar refractivity (Wildman–Crippen MR) is 55.4 cm³/mol. The van der Waals surface area contributed by atoms with Gasteiger partial charge >= 0.3 is 6.18 Å². The third-order valence-electron chi connectivity index (χ3n) is 1.94. The molecule has 0 saturated carbocycles. The van der Waals surface area contributed by atoms with Crippen molar-refractivity contribution in [2.75, 3.05) is 0 Å². The fourth-order valence-electron chi connectivity index (χ4n) is 1.24. The van der Waals surface area contributed by atoms with Crippen LogP contribution in [-0.4, -0.2) is 6.18 Å². The second kappa shape index (κ2) is 4.63. The van der Waals surface area contributed by atoms with Crippen molar-refractivity contribution in [2.45, 2.75) is 12.1 Å². The fourth-order valence-corrected chi connectivity index (χ4v) is 1.75. The molecule has 1 aromatic carbocycles. The van der Waals surface area contributed by atoms with Crippen LogP contribution in [0.15, 0.2) is 24.8 Å². The summed E-state index contributed by atoms with van der Waals surface area (Å²) in [6, 6.07) is 1.93. The molecule has 0 saturated heterocycles. The quantitative estimate of drug-likeness (QED) is 0.405. The van der Waals surface area contributed by atoms with Crippen LogP contribution in [0.3, 0.4) is 0 Å². The van der Waals surface area contributed by atoms with Gasteiger partial charge in [0.1, 0.15) is 11.7 Å². The van der Waals surface area contributed by atoms with Crippen LogP contribution in [0.1, 0.15) is 11.5 Å². The van der Waals surface area contributed by atoms with Crippen molar-refractivity contribution < 1.29 is 17.6 Å². The van der Waals surface area contributed by atoms with Crippen LogP contribution in [0.2, 0.25) is 10.0 Å². The van der Waals surface area contributed by atoms with Gasteiger partial charge in [0, 0.05) is 10.6 Å². The van der Waals surface area contributed by atoms with Crippen molar-refractivity contribution in [3.05, 3.63) is 46.2 Å². The van der Waals surface area contributed by atoms with Gasteiger partial charge in [-0.15, -0.1) is 6.58 Å². The lowest BCUT2D eigenvalue weighted by molar-refractivity contribution is -0.140. The summed E-state index contributed by atoms with van der Waals surface area (Å²) in [4.78, 5) is 0. The standard InChI is InChI=1S/C10H6Cl2F4/c1-2-7(10(14,15)16)6-3-5(11)4-8(12)9(6)13/h2-4,7H,1H2. The lowest BCUT2D eigenvalue weighted by atomic mass is 9.98. The van der Waals surface area contributed by atoms with E-state index in [-0.39, 0.29) is 5.02 Å². The van der Waals surface area contributed by atoms with E-state index in [1.807, 2.05) is 0 Å². The van der Waals surface area contributed by atoms with E-state index in [0.29, 0.717) is 6.08 Å². The molecule has 0 nitrogen and oxygen atoms in total. The molecular formula is C10H6Cl2F4. The summed E-state index contributed by atoms with van der Waals surface area (Å²) in [5.41, 5.74) is -0.625. The molecule has 0 heterocycles. The molecule has 0 aromatic heterocycles. The zero-order chi connectivity index (χ0) is 12.5. The van der Waals surface area contributed by atoms with Crippen LogP contribution in [0.5, 0.6) is 0 Å². The maximum atomic E-state index is 13.4. The van der Waals surface area contributed by atoms with E-state index in [4.69, 9.17) is 23.2 Å². The van der Waals surface area contributed by atoms with Crippen molar-refractivity contribution in [1.29, 1.82) is 0 Å². The van der Waals surface area contributed by atoms with Gasteiger partial charge in [-0.25, -0.2) is 4.39 Å². The van der Waals surface area contributed by atoms with Gasteiger partial charge in [-0.3, -0.25) is 0 Å². The number of halogens is 6. The Hall–Kier alpha value is -0.740. The lowest BCUT2D eigenvalue weighted by Gasteiger charge is -2.18. The molecule has 1 rings (SSSR count). The van der Waals surface area contributed by atoms with Crippen molar-refractivity contribution >= 4 is 23.2 Å². The first-order chi connectivity index (χ1) is 7.27. The normalized spacial score (nSPS) is 13.6. The molecule has 1 aromatic rings.